The second-order valence-electron chi connectivity index (χ2n) is 4.40. The first-order valence-electron chi connectivity index (χ1n) is 4.76. The SMILES string of the molecule is FC(F)(F)C(F)(F)[P-](F)(F)(F)(C(F)(F)C(F)(F)F)C(F)(F)C(F)(F)F.[Cs+]. The van der Waals surface area contributed by atoms with Crippen molar-refractivity contribution in [1.82, 2.24) is 0 Å². The predicted octanol–water partition coefficient (Wildman–Crippen LogP) is 4.20. The molecule has 0 amide bonds. The van der Waals surface area contributed by atoms with Gasteiger partial charge in [0, 0.05) is 0 Å². The molecule has 26 heavy (non-hydrogen) atoms. The van der Waals surface area contributed by atoms with E-state index in [0.717, 1.165) is 0 Å². The molecule has 0 bridgehead atoms. The number of halogens is 18. The van der Waals surface area contributed by atoms with Gasteiger partial charge in [0.15, 0.2) is 0 Å². The molecule has 0 heterocycles. The summed E-state index contributed by atoms with van der Waals surface area (Å²) < 4.78 is 222. The van der Waals surface area contributed by atoms with Crippen molar-refractivity contribution in [2.75, 3.05) is 0 Å². The molecule has 0 saturated heterocycles. The van der Waals surface area contributed by atoms with Crippen LogP contribution in [0.3, 0.4) is 0 Å². The second kappa shape index (κ2) is 6.12. The van der Waals surface area contributed by atoms with E-state index in [2.05, 4.69) is 0 Å². The van der Waals surface area contributed by atoms with Crippen molar-refractivity contribution < 1.29 is 147 Å². The summed E-state index contributed by atoms with van der Waals surface area (Å²) in [6, 6.07) is 0. The minimum absolute atomic E-state index is 0. The van der Waals surface area contributed by atoms with E-state index in [4.69, 9.17) is 0 Å². The van der Waals surface area contributed by atoms with Crippen molar-refractivity contribution in [1.29, 1.82) is 0 Å². The molecule has 20 heteroatoms. The van der Waals surface area contributed by atoms with E-state index in [1.165, 1.54) is 0 Å². The maximum Gasteiger partial charge on any atom is 1.00 e. The summed E-state index contributed by atoms with van der Waals surface area (Å²) >= 11 is 0. The summed E-state index contributed by atoms with van der Waals surface area (Å²) in [5.74, 6) is 0. The Morgan fingerprint density at radius 3 is 0.538 bits per heavy atom. The van der Waals surface area contributed by atoms with Gasteiger partial charge in [-0.3, -0.25) is 0 Å². The fourth-order valence-electron chi connectivity index (χ4n) is 1.34. The Kier molecular flexibility index (Phi) is 6.92. The molecular formula is C6CsF18P. The van der Waals surface area contributed by atoms with E-state index in [1.54, 1.807) is 0 Å². The third-order valence-corrected chi connectivity index (χ3v) is 7.18. The molecule has 0 spiro atoms. The van der Waals surface area contributed by atoms with Crippen LogP contribution in [0, 0.1) is 0 Å². The number of rotatable bonds is 3. The molecule has 0 unspecified atom stereocenters. The molecule has 0 saturated carbocycles. The van der Waals surface area contributed by atoms with Crippen molar-refractivity contribution in [3.05, 3.63) is 0 Å². The zero-order chi connectivity index (χ0) is 21.4. The minimum atomic E-state index is -15.0. The Labute approximate surface area is 187 Å². The van der Waals surface area contributed by atoms with Gasteiger partial charge in [0.2, 0.25) is 0 Å². The molecule has 0 N–H and O–H groups in total. The van der Waals surface area contributed by atoms with Crippen LogP contribution < -0.4 is 68.9 Å². The molecule has 0 aromatic carbocycles. The Morgan fingerprint density at radius 2 is 0.462 bits per heavy atom. The average Bonchev–Trinajstić information content (AvgIpc) is 2.23. The van der Waals surface area contributed by atoms with E-state index >= 15 is 0 Å². The fourth-order valence-corrected chi connectivity index (χ4v) is 4.02. The molecule has 0 aliphatic rings. The number of alkyl halides is 15. The van der Waals surface area contributed by atoms with Crippen LogP contribution in [0.4, 0.5) is 78.4 Å². The van der Waals surface area contributed by atoms with Crippen LogP contribution in [0.1, 0.15) is 0 Å². The molecule has 0 aliphatic carbocycles. The average molecular weight is 578 g/mol. The van der Waals surface area contributed by atoms with Gasteiger partial charge in [0.25, 0.3) is 0 Å². The van der Waals surface area contributed by atoms with Crippen LogP contribution in [0.2, 0.25) is 0 Å². The third kappa shape index (κ3) is 2.76. The van der Waals surface area contributed by atoms with Crippen molar-refractivity contribution >= 4 is 6.88 Å². The molecule has 0 atom stereocenters. The van der Waals surface area contributed by atoms with Gasteiger partial charge in [-0.05, 0) is 0 Å². The zero-order valence-electron chi connectivity index (χ0n) is 11.3. The summed E-state index contributed by atoms with van der Waals surface area (Å²) in [5.41, 5.74) is -29.3. The summed E-state index contributed by atoms with van der Waals surface area (Å²) in [4.78, 5) is 0. The van der Waals surface area contributed by atoms with Crippen LogP contribution in [-0.4, -0.2) is 35.5 Å². The molecule has 0 rings (SSSR count). The maximum atomic E-state index is 13.4. The topological polar surface area (TPSA) is 0 Å². The first kappa shape index (κ1) is 29.4. The zero-order valence-corrected chi connectivity index (χ0v) is 18.4. The number of hydrogen-bond acceptors (Lipinski definition) is 0. The summed E-state index contributed by atoms with van der Waals surface area (Å²) in [7, 11) is 0. The van der Waals surface area contributed by atoms with Gasteiger partial charge in [0.05, 0.1) is 0 Å². The molecule has 0 nitrogen and oxygen atoms in total. The normalized spacial score (nSPS) is 18.7. The largest absolute Gasteiger partial charge is 1.00 e. The van der Waals surface area contributed by atoms with Crippen LogP contribution in [0.5, 0.6) is 0 Å². The Hall–Kier alpha value is 1.22. The maximum absolute atomic E-state index is 15.0. The smallest absolute Gasteiger partial charge is 1.00 e. The summed E-state index contributed by atoms with van der Waals surface area (Å²) in [6.45, 7) is -15.0. The number of hydrogen-bond donors (Lipinski definition) is 0. The first-order chi connectivity index (χ1) is 10.1. The van der Waals surface area contributed by atoms with Gasteiger partial charge in [-0.2, -0.15) is 0 Å². The van der Waals surface area contributed by atoms with E-state index in [0.29, 0.717) is 0 Å². The Morgan fingerprint density at radius 1 is 0.346 bits per heavy atom. The van der Waals surface area contributed by atoms with Gasteiger partial charge >= 0.3 is 190 Å². The third-order valence-electron chi connectivity index (χ3n) is 2.82. The Balaban J connectivity index is 0. The predicted molar refractivity (Wildman–Crippen MR) is 43.2 cm³/mol. The van der Waals surface area contributed by atoms with Gasteiger partial charge in [-0.15, -0.1) is 0 Å². The summed E-state index contributed by atoms with van der Waals surface area (Å²) in [5, 5.41) is 0. The van der Waals surface area contributed by atoms with Crippen LogP contribution in [-0.2, 0) is 0 Å². The molecule has 0 aromatic rings. The quantitative estimate of drug-likeness (QED) is 0.349. The standard InChI is InChI=1S/C6F18P.Cs/c7-1(8,9)4(16,17)25(22,23,24,5(18,19)2(10,11)12)6(20,21)3(13,14)15;/q-1;+1. The second-order valence-corrected chi connectivity index (χ2v) is 8.67. The minimum Gasteiger partial charge on any atom is 1.00 e. The van der Waals surface area contributed by atoms with E-state index in [9.17, 15) is 78.4 Å². The molecule has 0 aromatic heterocycles. The Bertz CT molecular complexity index is 475. The van der Waals surface area contributed by atoms with Gasteiger partial charge in [0.1, 0.15) is 0 Å². The van der Waals surface area contributed by atoms with Gasteiger partial charge in [-0.1, -0.05) is 0 Å². The fraction of sp³-hybridized carbons (Fsp3) is 1.00. The van der Waals surface area contributed by atoms with Crippen molar-refractivity contribution in [3.8, 4) is 0 Å². The molecule has 156 valence electrons. The molecule has 0 fully saturated rings. The van der Waals surface area contributed by atoms with E-state index < -0.39 is 42.4 Å². The molecule has 0 radical (unpaired) electrons. The van der Waals surface area contributed by atoms with Crippen LogP contribution in [0.25, 0.3) is 0 Å². The van der Waals surface area contributed by atoms with Crippen molar-refractivity contribution in [2.24, 2.45) is 0 Å². The monoisotopic (exact) mass is 578 g/mol. The van der Waals surface area contributed by atoms with E-state index in [-0.39, 0.29) is 68.9 Å². The van der Waals surface area contributed by atoms with E-state index in [1.807, 2.05) is 0 Å². The molecule has 0 aliphatic heterocycles. The van der Waals surface area contributed by atoms with Gasteiger partial charge < -0.3 is 0 Å². The van der Waals surface area contributed by atoms with Crippen molar-refractivity contribution in [2.45, 2.75) is 35.5 Å². The van der Waals surface area contributed by atoms with Crippen molar-refractivity contribution in [3.63, 3.8) is 0 Å². The van der Waals surface area contributed by atoms with Crippen LogP contribution in [0.15, 0.2) is 0 Å². The van der Waals surface area contributed by atoms with Gasteiger partial charge in [-0.25, -0.2) is 0 Å². The first-order valence-corrected chi connectivity index (χ1v) is 7.12. The molecular weight excluding hydrogens is 578 g/mol. The summed E-state index contributed by atoms with van der Waals surface area (Å²) in [6.07, 6.45) is -26.1. The van der Waals surface area contributed by atoms with Crippen LogP contribution >= 0.6 is 6.88 Å².